The molecular weight excluding hydrogens is 464 g/mol. The molecule has 9 nitrogen and oxygen atoms in total. The molecule has 1 aromatic heterocycles. The van der Waals surface area contributed by atoms with Crippen LogP contribution in [0.4, 0.5) is 5.69 Å². The quantitative estimate of drug-likeness (QED) is 0.491. The molecule has 4 rings (SSSR count). The Morgan fingerprint density at radius 3 is 2.31 bits per heavy atom. The average Bonchev–Trinajstić information content (AvgIpc) is 3.22. The number of nitrogens with zero attached hydrogens (tertiary/aromatic N) is 4. The van der Waals surface area contributed by atoms with Crippen molar-refractivity contribution in [1.29, 1.82) is 0 Å². The maximum atomic E-state index is 13.0. The predicted molar refractivity (Wildman–Crippen MR) is 137 cm³/mol. The van der Waals surface area contributed by atoms with E-state index >= 15 is 0 Å². The number of carbonyl (C=O) groups is 2. The summed E-state index contributed by atoms with van der Waals surface area (Å²) in [6.07, 6.45) is 0. The van der Waals surface area contributed by atoms with Crippen LogP contribution in [0.25, 0.3) is 11.4 Å². The zero-order valence-corrected chi connectivity index (χ0v) is 21.0. The first-order valence-corrected chi connectivity index (χ1v) is 11.9. The number of aryl methyl sites for hydroxylation is 2. The number of aromatic amines is 1. The molecule has 0 aliphatic carbocycles. The van der Waals surface area contributed by atoms with Gasteiger partial charge in [-0.05, 0) is 61.5 Å². The third-order valence-electron chi connectivity index (χ3n) is 6.24. The zero-order valence-electron chi connectivity index (χ0n) is 20.2. The van der Waals surface area contributed by atoms with Crippen molar-refractivity contribution in [3.8, 4) is 17.1 Å². The zero-order chi connectivity index (χ0) is 24.9. The average molecular weight is 495 g/mol. The molecule has 0 saturated carbocycles. The summed E-state index contributed by atoms with van der Waals surface area (Å²) in [5.74, 6) is 1.27. The summed E-state index contributed by atoms with van der Waals surface area (Å²) in [4.78, 5) is 29.5. The Morgan fingerprint density at radius 2 is 1.69 bits per heavy atom. The summed E-state index contributed by atoms with van der Waals surface area (Å²) < 4.78 is 7.32. The summed E-state index contributed by atoms with van der Waals surface area (Å²) in [6.45, 7) is 6.74. The number of amides is 2. The van der Waals surface area contributed by atoms with Crippen molar-refractivity contribution in [2.45, 2.75) is 20.4 Å². The van der Waals surface area contributed by atoms with Crippen molar-refractivity contribution in [2.75, 3.05) is 45.2 Å². The van der Waals surface area contributed by atoms with Crippen LogP contribution in [0.5, 0.6) is 5.75 Å². The van der Waals surface area contributed by atoms with E-state index in [0.29, 0.717) is 43.3 Å². The van der Waals surface area contributed by atoms with Crippen LogP contribution >= 0.6 is 12.2 Å². The lowest BCUT2D eigenvalue weighted by Crippen LogP contribution is -2.51. The molecule has 3 aromatic rings. The number of para-hydroxylation sites is 1. The van der Waals surface area contributed by atoms with E-state index < -0.39 is 0 Å². The lowest BCUT2D eigenvalue weighted by Gasteiger charge is -2.34. The number of anilines is 1. The van der Waals surface area contributed by atoms with Crippen molar-refractivity contribution in [3.05, 3.63) is 58.4 Å². The topological polar surface area (TPSA) is 95.5 Å². The number of ether oxygens (including phenoxy) is 1. The monoisotopic (exact) mass is 494 g/mol. The van der Waals surface area contributed by atoms with E-state index in [0.717, 1.165) is 28.1 Å². The largest absolute Gasteiger partial charge is 0.497 e. The van der Waals surface area contributed by atoms with E-state index in [9.17, 15) is 9.59 Å². The molecule has 0 atom stereocenters. The number of carbonyl (C=O) groups excluding carboxylic acids is 2. The summed E-state index contributed by atoms with van der Waals surface area (Å²) >= 11 is 5.38. The fourth-order valence-corrected chi connectivity index (χ4v) is 4.41. The van der Waals surface area contributed by atoms with Crippen LogP contribution in [0.2, 0.25) is 0 Å². The first-order chi connectivity index (χ1) is 16.9. The standard InChI is InChI=1S/C25H30N6O3S/c1-17-5-4-6-18(2)23(17)26-21(32)15-29-11-13-30(14-12-29)22(33)16-31-24(27-28-25(31)35)19-7-9-20(34-3)10-8-19/h4-10H,11-16H2,1-3H3,(H,26,32)(H,28,35). The Bertz CT molecular complexity index is 1240. The first-order valence-electron chi connectivity index (χ1n) is 11.5. The smallest absolute Gasteiger partial charge is 0.242 e. The molecule has 2 aromatic carbocycles. The molecule has 0 spiro atoms. The highest BCUT2D eigenvalue weighted by atomic mass is 32.1. The highest BCUT2D eigenvalue weighted by Gasteiger charge is 2.24. The molecule has 1 fully saturated rings. The van der Waals surface area contributed by atoms with Crippen LogP contribution in [0, 0.1) is 18.6 Å². The van der Waals surface area contributed by atoms with Gasteiger partial charge in [-0.15, -0.1) is 0 Å². The van der Waals surface area contributed by atoms with E-state index in [1.54, 1.807) is 11.7 Å². The maximum absolute atomic E-state index is 13.0. The molecule has 2 N–H and O–H groups in total. The van der Waals surface area contributed by atoms with E-state index in [4.69, 9.17) is 17.0 Å². The lowest BCUT2D eigenvalue weighted by molar-refractivity contribution is -0.133. The summed E-state index contributed by atoms with van der Waals surface area (Å²) in [5.41, 5.74) is 3.79. The van der Waals surface area contributed by atoms with E-state index in [1.807, 2.05) is 61.2 Å². The summed E-state index contributed by atoms with van der Waals surface area (Å²) in [5, 5.41) is 10.1. The predicted octanol–water partition coefficient (Wildman–Crippen LogP) is 3.02. The third kappa shape index (κ3) is 5.77. The number of H-pyrrole nitrogens is 1. The number of aromatic nitrogens is 3. The van der Waals surface area contributed by atoms with Crippen molar-refractivity contribution in [1.82, 2.24) is 24.6 Å². The van der Waals surface area contributed by atoms with Gasteiger partial charge in [-0.25, -0.2) is 0 Å². The molecule has 1 saturated heterocycles. The van der Waals surface area contributed by atoms with E-state index in [2.05, 4.69) is 20.4 Å². The van der Waals surface area contributed by atoms with E-state index in [-0.39, 0.29) is 18.4 Å². The van der Waals surface area contributed by atoms with Crippen LogP contribution < -0.4 is 10.1 Å². The molecule has 2 amide bonds. The molecule has 2 heterocycles. The normalized spacial score (nSPS) is 14.1. The van der Waals surface area contributed by atoms with Gasteiger partial charge in [0, 0.05) is 37.4 Å². The number of piperazine rings is 1. The number of rotatable bonds is 7. The Labute approximate surface area is 209 Å². The Kier molecular flexibility index (Phi) is 7.62. The Balaban J connectivity index is 1.32. The minimum absolute atomic E-state index is 0.0306. The second kappa shape index (κ2) is 10.8. The molecule has 184 valence electrons. The van der Waals surface area contributed by atoms with Crippen molar-refractivity contribution in [3.63, 3.8) is 0 Å². The Morgan fingerprint density at radius 1 is 1.03 bits per heavy atom. The summed E-state index contributed by atoms with van der Waals surface area (Å²) in [6, 6.07) is 13.4. The number of nitrogens with one attached hydrogen (secondary N) is 2. The Hall–Kier alpha value is -3.50. The number of hydrogen-bond donors (Lipinski definition) is 2. The van der Waals surface area contributed by atoms with Crippen LogP contribution in [0.1, 0.15) is 11.1 Å². The van der Waals surface area contributed by atoms with Gasteiger partial charge in [0.25, 0.3) is 0 Å². The molecule has 0 bridgehead atoms. The minimum Gasteiger partial charge on any atom is -0.497 e. The van der Waals surface area contributed by atoms with Crippen LogP contribution in [-0.2, 0) is 16.1 Å². The van der Waals surface area contributed by atoms with Gasteiger partial charge >= 0.3 is 0 Å². The molecule has 1 aliphatic rings. The van der Waals surface area contributed by atoms with Gasteiger partial charge in [-0.1, -0.05) is 18.2 Å². The van der Waals surface area contributed by atoms with Gasteiger partial charge in [0.05, 0.1) is 13.7 Å². The summed E-state index contributed by atoms with van der Waals surface area (Å²) in [7, 11) is 1.61. The molecule has 35 heavy (non-hydrogen) atoms. The van der Waals surface area contributed by atoms with Gasteiger partial charge in [0.2, 0.25) is 11.8 Å². The molecule has 0 radical (unpaired) electrons. The fraction of sp³-hybridized carbons (Fsp3) is 0.360. The maximum Gasteiger partial charge on any atom is 0.242 e. The number of methoxy groups -OCH3 is 1. The van der Waals surface area contributed by atoms with Crippen LogP contribution in [0.3, 0.4) is 0 Å². The van der Waals surface area contributed by atoms with Crippen molar-refractivity contribution < 1.29 is 14.3 Å². The third-order valence-corrected chi connectivity index (χ3v) is 6.55. The van der Waals surface area contributed by atoms with Crippen LogP contribution in [-0.4, -0.2) is 76.2 Å². The van der Waals surface area contributed by atoms with Gasteiger partial charge in [-0.2, -0.15) is 5.10 Å². The molecule has 0 unspecified atom stereocenters. The number of benzene rings is 2. The van der Waals surface area contributed by atoms with Gasteiger partial charge in [0.1, 0.15) is 12.3 Å². The van der Waals surface area contributed by atoms with Crippen LogP contribution in [0.15, 0.2) is 42.5 Å². The SMILES string of the molecule is COc1ccc(-c2n[nH]c(=S)n2CC(=O)N2CCN(CC(=O)Nc3c(C)cccc3C)CC2)cc1. The van der Waals surface area contributed by atoms with Gasteiger partial charge in [-0.3, -0.25) is 24.2 Å². The fourth-order valence-electron chi connectivity index (χ4n) is 4.21. The number of hydrogen-bond acceptors (Lipinski definition) is 6. The highest BCUT2D eigenvalue weighted by molar-refractivity contribution is 7.71. The minimum atomic E-state index is -0.0454. The van der Waals surface area contributed by atoms with E-state index in [1.165, 1.54) is 0 Å². The second-order valence-electron chi connectivity index (χ2n) is 8.64. The van der Waals surface area contributed by atoms with Crippen molar-refractivity contribution in [2.24, 2.45) is 0 Å². The van der Waals surface area contributed by atoms with Gasteiger partial charge in [0.15, 0.2) is 10.6 Å². The highest BCUT2D eigenvalue weighted by Crippen LogP contribution is 2.22. The molecule has 10 heteroatoms. The molecular formula is C25H30N6O3S. The van der Waals surface area contributed by atoms with Crippen molar-refractivity contribution >= 4 is 29.7 Å². The first kappa shape index (κ1) is 24.6. The van der Waals surface area contributed by atoms with Gasteiger partial charge < -0.3 is 15.0 Å². The molecule has 1 aliphatic heterocycles. The lowest BCUT2D eigenvalue weighted by atomic mass is 10.1. The second-order valence-corrected chi connectivity index (χ2v) is 9.03.